The fourth-order valence-corrected chi connectivity index (χ4v) is 0.889. The first kappa shape index (κ1) is 18.5. The van der Waals surface area contributed by atoms with E-state index >= 15 is 0 Å². The largest absolute Gasteiger partial charge is 0.340 e. The topological polar surface area (TPSA) is 61.5 Å². The van der Waals surface area contributed by atoms with Crippen LogP contribution < -0.4 is 5.69 Å². The molecule has 102 valence electrons. The highest BCUT2D eigenvalue weighted by atomic mass is 16.1. The van der Waals surface area contributed by atoms with Crippen LogP contribution in [0.3, 0.4) is 0 Å². The van der Waals surface area contributed by atoms with E-state index in [2.05, 4.69) is 34.2 Å². The fraction of sp³-hybridized carbons (Fsp3) is 0.429. The Morgan fingerprint density at radius 3 is 1.61 bits per heavy atom. The zero-order chi connectivity index (χ0) is 14.4. The minimum atomic E-state index is -0.252. The molecular formula is C14H25N3O. The van der Waals surface area contributed by atoms with Crippen molar-refractivity contribution in [2.24, 2.45) is 0 Å². The molecule has 4 heteroatoms. The van der Waals surface area contributed by atoms with Gasteiger partial charge in [0.1, 0.15) is 5.82 Å². The predicted octanol–water partition coefficient (Wildman–Crippen LogP) is 3.45. The highest BCUT2D eigenvalue weighted by Crippen LogP contribution is 1.92. The number of hydrogen-bond donors (Lipinski definition) is 2. The van der Waals surface area contributed by atoms with Crippen LogP contribution in [-0.4, -0.2) is 15.2 Å². The van der Waals surface area contributed by atoms with Gasteiger partial charge in [0, 0.05) is 0 Å². The number of hydrogen-bond acceptors (Lipinski definition) is 2. The zero-order valence-electron chi connectivity index (χ0n) is 12.2. The average Bonchev–Trinajstić information content (AvgIpc) is 2.80. The van der Waals surface area contributed by atoms with Crippen molar-refractivity contribution in [3.63, 3.8) is 0 Å². The van der Waals surface area contributed by atoms with Gasteiger partial charge in [-0.25, -0.2) is 9.89 Å². The summed E-state index contributed by atoms with van der Waals surface area (Å²) in [5, 5.41) is 5.73. The zero-order valence-corrected chi connectivity index (χ0v) is 12.2. The SMILES string of the molecule is CC.CC.Cc1ccccc1.Cc1n[nH]c(=O)[nH]1. The number of aromatic nitrogens is 3. The quantitative estimate of drug-likeness (QED) is 0.753. The molecule has 2 N–H and O–H groups in total. The Morgan fingerprint density at radius 1 is 0.944 bits per heavy atom. The van der Waals surface area contributed by atoms with E-state index in [-0.39, 0.29) is 5.69 Å². The molecule has 0 aliphatic rings. The van der Waals surface area contributed by atoms with E-state index in [0.717, 1.165) is 0 Å². The number of nitrogens with zero attached hydrogens (tertiary/aromatic N) is 1. The predicted molar refractivity (Wildman–Crippen MR) is 77.8 cm³/mol. The Morgan fingerprint density at radius 2 is 1.44 bits per heavy atom. The van der Waals surface area contributed by atoms with E-state index in [9.17, 15) is 4.79 Å². The summed E-state index contributed by atoms with van der Waals surface area (Å²) in [4.78, 5) is 12.5. The van der Waals surface area contributed by atoms with Crippen molar-refractivity contribution in [2.45, 2.75) is 41.5 Å². The smallest absolute Gasteiger partial charge is 0.293 e. The van der Waals surface area contributed by atoms with Gasteiger partial charge in [0.25, 0.3) is 0 Å². The monoisotopic (exact) mass is 251 g/mol. The Kier molecular flexibility index (Phi) is 13.6. The second-order valence-electron chi connectivity index (χ2n) is 2.92. The van der Waals surface area contributed by atoms with E-state index in [1.165, 1.54) is 5.56 Å². The van der Waals surface area contributed by atoms with E-state index in [4.69, 9.17) is 0 Å². The summed E-state index contributed by atoms with van der Waals surface area (Å²) in [7, 11) is 0. The van der Waals surface area contributed by atoms with Gasteiger partial charge in [-0.2, -0.15) is 5.10 Å². The summed E-state index contributed by atoms with van der Waals surface area (Å²) >= 11 is 0. The van der Waals surface area contributed by atoms with E-state index in [0.29, 0.717) is 5.82 Å². The summed E-state index contributed by atoms with van der Waals surface area (Å²) in [5.74, 6) is 0.616. The normalized spacial score (nSPS) is 7.67. The lowest BCUT2D eigenvalue weighted by Gasteiger charge is -1.82. The molecule has 18 heavy (non-hydrogen) atoms. The van der Waals surface area contributed by atoms with Gasteiger partial charge in [0.2, 0.25) is 0 Å². The second kappa shape index (κ2) is 13.2. The van der Waals surface area contributed by atoms with Crippen LogP contribution in [0.25, 0.3) is 0 Å². The maximum atomic E-state index is 10.1. The molecular weight excluding hydrogens is 226 g/mol. The molecule has 0 spiro atoms. The molecule has 0 fully saturated rings. The van der Waals surface area contributed by atoms with Gasteiger partial charge in [-0.05, 0) is 13.8 Å². The minimum absolute atomic E-state index is 0.252. The number of H-pyrrole nitrogens is 2. The molecule has 0 radical (unpaired) electrons. The lowest BCUT2D eigenvalue weighted by atomic mass is 10.2. The summed E-state index contributed by atoms with van der Waals surface area (Å²) in [6.45, 7) is 11.8. The van der Waals surface area contributed by atoms with Crippen molar-refractivity contribution >= 4 is 0 Å². The molecule has 0 unspecified atom stereocenters. The summed E-state index contributed by atoms with van der Waals surface area (Å²) < 4.78 is 0. The molecule has 0 bridgehead atoms. The molecule has 0 saturated heterocycles. The van der Waals surface area contributed by atoms with Crippen LogP contribution in [0.1, 0.15) is 39.1 Å². The number of rotatable bonds is 0. The summed E-state index contributed by atoms with van der Waals surface area (Å²) in [6.07, 6.45) is 0. The van der Waals surface area contributed by atoms with Crippen molar-refractivity contribution < 1.29 is 0 Å². The van der Waals surface area contributed by atoms with Gasteiger partial charge in [0.05, 0.1) is 0 Å². The van der Waals surface area contributed by atoms with Gasteiger partial charge in [0.15, 0.2) is 0 Å². The Labute approximate surface area is 109 Å². The van der Waals surface area contributed by atoms with Gasteiger partial charge in [-0.15, -0.1) is 0 Å². The van der Waals surface area contributed by atoms with Crippen LogP contribution in [-0.2, 0) is 0 Å². The number of aryl methyl sites for hydroxylation is 2. The van der Waals surface area contributed by atoms with Gasteiger partial charge >= 0.3 is 5.69 Å². The number of aromatic amines is 2. The van der Waals surface area contributed by atoms with Gasteiger partial charge in [-0.1, -0.05) is 63.6 Å². The molecule has 0 amide bonds. The van der Waals surface area contributed by atoms with Gasteiger partial charge < -0.3 is 0 Å². The van der Waals surface area contributed by atoms with E-state index in [1.54, 1.807) is 6.92 Å². The van der Waals surface area contributed by atoms with Gasteiger partial charge in [-0.3, -0.25) is 4.98 Å². The van der Waals surface area contributed by atoms with Crippen LogP contribution in [0.2, 0.25) is 0 Å². The minimum Gasteiger partial charge on any atom is -0.293 e. The molecule has 1 aromatic carbocycles. The van der Waals surface area contributed by atoms with Crippen LogP contribution in [0.5, 0.6) is 0 Å². The Hall–Kier alpha value is -1.84. The van der Waals surface area contributed by atoms with Crippen LogP contribution in [0, 0.1) is 13.8 Å². The third-order valence-electron chi connectivity index (χ3n) is 1.56. The molecule has 2 rings (SSSR count). The molecule has 1 aromatic heterocycles. The van der Waals surface area contributed by atoms with Crippen molar-refractivity contribution in [2.75, 3.05) is 0 Å². The standard InChI is InChI=1S/C7H8.C3H5N3O.2C2H6/c1-7-5-3-2-4-6-7;1-2-4-3(7)6-5-2;2*1-2/h2-6H,1H3;1H3,(H2,4,5,6,7);2*1-2H3. The Balaban J connectivity index is 0. The third-order valence-corrected chi connectivity index (χ3v) is 1.56. The van der Waals surface area contributed by atoms with Crippen LogP contribution in [0.15, 0.2) is 35.1 Å². The van der Waals surface area contributed by atoms with E-state index < -0.39 is 0 Å². The molecule has 1 heterocycles. The van der Waals surface area contributed by atoms with Crippen molar-refractivity contribution in [3.05, 3.63) is 52.2 Å². The third kappa shape index (κ3) is 10.7. The first-order chi connectivity index (χ1) is 8.68. The van der Waals surface area contributed by atoms with Crippen molar-refractivity contribution in [3.8, 4) is 0 Å². The molecule has 2 aromatic rings. The second-order valence-corrected chi connectivity index (χ2v) is 2.92. The first-order valence-electron chi connectivity index (χ1n) is 6.31. The average molecular weight is 251 g/mol. The maximum Gasteiger partial charge on any atom is 0.340 e. The molecule has 0 aliphatic heterocycles. The lowest BCUT2D eigenvalue weighted by Crippen LogP contribution is -2.00. The van der Waals surface area contributed by atoms with Crippen molar-refractivity contribution in [1.29, 1.82) is 0 Å². The molecule has 0 aliphatic carbocycles. The van der Waals surface area contributed by atoms with Crippen LogP contribution >= 0.6 is 0 Å². The maximum absolute atomic E-state index is 10.1. The fourth-order valence-electron chi connectivity index (χ4n) is 0.889. The van der Waals surface area contributed by atoms with Crippen molar-refractivity contribution in [1.82, 2.24) is 15.2 Å². The highest BCUT2D eigenvalue weighted by Gasteiger charge is 1.82. The molecule has 0 atom stereocenters. The summed E-state index contributed by atoms with van der Waals surface area (Å²) in [5.41, 5.74) is 1.07. The Bertz CT molecular complexity index is 418. The lowest BCUT2D eigenvalue weighted by molar-refractivity contribution is 1.02. The van der Waals surface area contributed by atoms with Crippen LogP contribution in [0.4, 0.5) is 0 Å². The highest BCUT2D eigenvalue weighted by molar-refractivity contribution is 5.11. The molecule has 4 nitrogen and oxygen atoms in total. The first-order valence-corrected chi connectivity index (χ1v) is 6.31. The number of benzene rings is 1. The van der Waals surface area contributed by atoms with E-state index in [1.807, 2.05) is 45.9 Å². The molecule has 0 saturated carbocycles. The number of nitrogens with one attached hydrogen (secondary N) is 2. The summed E-state index contributed by atoms with van der Waals surface area (Å²) in [6, 6.07) is 10.3.